The van der Waals surface area contributed by atoms with Crippen LogP contribution in [0.15, 0.2) is 48.5 Å². The number of nitro benzene ring substituents is 1. The Labute approximate surface area is 146 Å². The summed E-state index contributed by atoms with van der Waals surface area (Å²) in [4.78, 5) is 23.7. The van der Waals surface area contributed by atoms with Gasteiger partial charge < -0.3 is 15.0 Å². The number of aryl methyl sites for hydroxylation is 1. The standard InChI is InChI=1S/C18H21N3O4/c1-20(2)18(22)19-15-10-11-17(16(13-15)21(23)24)25-12-6-9-14-7-4-3-5-8-14/h3-5,7-8,10-11,13H,6,9,12H2,1-2H3,(H,19,22). The maximum absolute atomic E-state index is 11.6. The summed E-state index contributed by atoms with van der Waals surface area (Å²) in [6.45, 7) is 0.374. The van der Waals surface area contributed by atoms with Crippen molar-refractivity contribution in [3.63, 3.8) is 0 Å². The number of nitro groups is 1. The fourth-order valence-electron chi connectivity index (χ4n) is 2.20. The molecule has 25 heavy (non-hydrogen) atoms. The van der Waals surface area contributed by atoms with Gasteiger partial charge in [0.15, 0.2) is 5.75 Å². The van der Waals surface area contributed by atoms with Crippen molar-refractivity contribution in [2.24, 2.45) is 0 Å². The molecule has 0 radical (unpaired) electrons. The van der Waals surface area contributed by atoms with Crippen molar-refractivity contribution < 1.29 is 14.5 Å². The fourth-order valence-corrected chi connectivity index (χ4v) is 2.20. The smallest absolute Gasteiger partial charge is 0.321 e. The van der Waals surface area contributed by atoms with Crippen molar-refractivity contribution in [1.82, 2.24) is 4.90 Å². The molecule has 0 aliphatic heterocycles. The Morgan fingerprint density at radius 3 is 2.56 bits per heavy atom. The maximum Gasteiger partial charge on any atom is 0.321 e. The number of urea groups is 1. The normalized spacial score (nSPS) is 10.2. The molecule has 0 bridgehead atoms. The van der Waals surface area contributed by atoms with Gasteiger partial charge in [0.25, 0.3) is 0 Å². The van der Waals surface area contributed by atoms with E-state index in [9.17, 15) is 14.9 Å². The van der Waals surface area contributed by atoms with E-state index in [-0.39, 0.29) is 17.5 Å². The summed E-state index contributed by atoms with van der Waals surface area (Å²) in [5, 5.41) is 13.8. The summed E-state index contributed by atoms with van der Waals surface area (Å²) < 4.78 is 5.56. The molecule has 0 atom stereocenters. The first kappa shape index (κ1) is 18.3. The Kier molecular flexibility index (Phi) is 6.33. The molecule has 0 aromatic heterocycles. The third-order valence-electron chi connectivity index (χ3n) is 3.52. The molecule has 0 unspecified atom stereocenters. The SMILES string of the molecule is CN(C)C(=O)Nc1ccc(OCCCc2ccccc2)c([N+](=O)[O-])c1. The highest BCUT2D eigenvalue weighted by molar-refractivity contribution is 5.89. The molecule has 1 N–H and O–H groups in total. The molecular formula is C18H21N3O4. The molecule has 2 rings (SSSR count). The van der Waals surface area contributed by atoms with E-state index in [1.54, 1.807) is 20.2 Å². The molecular weight excluding hydrogens is 322 g/mol. The van der Waals surface area contributed by atoms with Crippen molar-refractivity contribution in [3.8, 4) is 5.75 Å². The molecule has 0 aliphatic carbocycles. The molecule has 7 nitrogen and oxygen atoms in total. The second kappa shape index (κ2) is 8.68. The average Bonchev–Trinajstić information content (AvgIpc) is 2.60. The van der Waals surface area contributed by atoms with Crippen LogP contribution in [-0.4, -0.2) is 36.6 Å². The van der Waals surface area contributed by atoms with Gasteiger partial charge in [-0.25, -0.2) is 4.79 Å². The van der Waals surface area contributed by atoms with E-state index >= 15 is 0 Å². The fraction of sp³-hybridized carbons (Fsp3) is 0.278. The summed E-state index contributed by atoms with van der Waals surface area (Å²) in [5.74, 6) is 0.195. The summed E-state index contributed by atoms with van der Waals surface area (Å²) in [7, 11) is 3.18. The van der Waals surface area contributed by atoms with Gasteiger partial charge in [-0.1, -0.05) is 30.3 Å². The van der Waals surface area contributed by atoms with E-state index in [1.807, 2.05) is 30.3 Å². The molecule has 2 aromatic carbocycles. The van der Waals surface area contributed by atoms with Gasteiger partial charge in [0.05, 0.1) is 11.5 Å². The molecule has 2 amide bonds. The lowest BCUT2D eigenvalue weighted by Crippen LogP contribution is -2.27. The van der Waals surface area contributed by atoms with E-state index in [0.717, 1.165) is 12.8 Å². The summed E-state index contributed by atoms with van der Waals surface area (Å²) in [6, 6.07) is 14.0. The number of amides is 2. The third kappa shape index (κ3) is 5.49. The quantitative estimate of drug-likeness (QED) is 0.472. The summed E-state index contributed by atoms with van der Waals surface area (Å²) >= 11 is 0. The molecule has 2 aromatic rings. The van der Waals surface area contributed by atoms with Crippen molar-refractivity contribution in [2.75, 3.05) is 26.0 Å². The number of rotatable bonds is 7. The van der Waals surface area contributed by atoms with Crippen LogP contribution in [0, 0.1) is 10.1 Å². The van der Waals surface area contributed by atoms with Crippen LogP contribution in [-0.2, 0) is 6.42 Å². The number of benzene rings is 2. The topological polar surface area (TPSA) is 84.7 Å². The predicted octanol–water partition coefficient (Wildman–Crippen LogP) is 3.70. The number of carbonyl (C=O) groups is 1. The van der Waals surface area contributed by atoms with Gasteiger partial charge in [-0.05, 0) is 30.5 Å². The van der Waals surface area contributed by atoms with E-state index in [4.69, 9.17) is 4.74 Å². The largest absolute Gasteiger partial charge is 0.487 e. The van der Waals surface area contributed by atoms with Gasteiger partial charge in [0.2, 0.25) is 0 Å². The lowest BCUT2D eigenvalue weighted by atomic mass is 10.1. The van der Waals surface area contributed by atoms with Crippen LogP contribution in [0.4, 0.5) is 16.2 Å². The lowest BCUT2D eigenvalue weighted by Gasteiger charge is -2.13. The Bertz CT molecular complexity index is 732. The first-order valence-electron chi connectivity index (χ1n) is 7.91. The number of nitrogens with zero attached hydrogens (tertiary/aromatic N) is 2. The number of anilines is 1. The van der Waals surface area contributed by atoms with E-state index in [2.05, 4.69) is 5.32 Å². The van der Waals surface area contributed by atoms with Crippen LogP contribution in [0.3, 0.4) is 0 Å². The predicted molar refractivity (Wildman–Crippen MR) is 96.1 cm³/mol. The van der Waals surface area contributed by atoms with Crippen LogP contribution < -0.4 is 10.1 Å². The first-order chi connectivity index (χ1) is 12.0. The molecule has 0 saturated heterocycles. The number of nitrogens with one attached hydrogen (secondary N) is 1. The molecule has 0 fully saturated rings. The number of carbonyl (C=O) groups excluding carboxylic acids is 1. The van der Waals surface area contributed by atoms with Gasteiger partial charge in [0, 0.05) is 25.8 Å². The Morgan fingerprint density at radius 1 is 1.20 bits per heavy atom. The highest BCUT2D eigenvalue weighted by atomic mass is 16.6. The van der Waals surface area contributed by atoms with Crippen molar-refractivity contribution >= 4 is 17.4 Å². The monoisotopic (exact) mass is 343 g/mol. The van der Waals surface area contributed by atoms with Crippen LogP contribution >= 0.6 is 0 Å². The minimum atomic E-state index is -0.516. The maximum atomic E-state index is 11.6. The number of ether oxygens (including phenoxy) is 1. The average molecular weight is 343 g/mol. The highest BCUT2D eigenvalue weighted by Crippen LogP contribution is 2.30. The van der Waals surface area contributed by atoms with Gasteiger partial charge in [-0.3, -0.25) is 10.1 Å². The second-order valence-electron chi connectivity index (χ2n) is 5.70. The van der Waals surface area contributed by atoms with Crippen LogP contribution in [0.1, 0.15) is 12.0 Å². The number of hydrogen-bond donors (Lipinski definition) is 1. The van der Waals surface area contributed by atoms with Crippen LogP contribution in [0.5, 0.6) is 5.75 Å². The van der Waals surface area contributed by atoms with E-state index < -0.39 is 4.92 Å². The van der Waals surface area contributed by atoms with Crippen LogP contribution in [0.25, 0.3) is 0 Å². The zero-order chi connectivity index (χ0) is 18.2. The van der Waals surface area contributed by atoms with Gasteiger partial charge in [0.1, 0.15) is 0 Å². The Morgan fingerprint density at radius 2 is 1.92 bits per heavy atom. The van der Waals surface area contributed by atoms with Gasteiger partial charge in [-0.2, -0.15) is 0 Å². The lowest BCUT2D eigenvalue weighted by molar-refractivity contribution is -0.385. The zero-order valence-corrected chi connectivity index (χ0v) is 14.3. The van der Waals surface area contributed by atoms with Crippen molar-refractivity contribution in [2.45, 2.75) is 12.8 Å². The molecule has 0 heterocycles. The Hall–Kier alpha value is -3.09. The molecule has 0 aliphatic rings. The Balaban J connectivity index is 1.97. The van der Waals surface area contributed by atoms with Gasteiger partial charge in [-0.15, -0.1) is 0 Å². The van der Waals surface area contributed by atoms with Crippen molar-refractivity contribution in [3.05, 3.63) is 64.2 Å². The molecule has 132 valence electrons. The zero-order valence-electron chi connectivity index (χ0n) is 14.3. The third-order valence-corrected chi connectivity index (χ3v) is 3.52. The van der Waals surface area contributed by atoms with Crippen LogP contribution in [0.2, 0.25) is 0 Å². The van der Waals surface area contributed by atoms with E-state index in [1.165, 1.54) is 22.6 Å². The number of hydrogen-bond acceptors (Lipinski definition) is 4. The van der Waals surface area contributed by atoms with Gasteiger partial charge >= 0.3 is 11.7 Å². The molecule has 0 saturated carbocycles. The van der Waals surface area contributed by atoms with E-state index in [0.29, 0.717) is 12.3 Å². The second-order valence-corrected chi connectivity index (χ2v) is 5.70. The van der Waals surface area contributed by atoms with Crippen molar-refractivity contribution in [1.29, 1.82) is 0 Å². The minimum Gasteiger partial charge on any atom is -0.487 e. The summed E-state index contributed by atoms with van der Waals surface area (Å²) in [6.07, 6.45) is 1.59. The summed E-state index contributed by atoms with van der Waals surface area (Å²) in [5.41, 5.74) is 1.38. The minimum absolute atomic E-state index is 0.170. The molecule has 0 spiro atoms. The first-order valence-corrected chi connectivity index (χ1v) is 7.91. The molecule has 7 heteroatoms. The highest BCUT2D eigenvalue weighted by Gasteiger charge is 2.17.